The van der Waals surface area contributed by atoms with Gasteiger partial charge in [-0.1, -0.05) is 36.4 Å². The fourth-order valence-corrected chi connectivity index (χ4v) is 2.33. The van der Waals surface area contributed by atoms with Gasteiger partial charge >= 0.3 is 5.97 Å². The normalized spacial score (nSPS) is 12.0. The van der Waals surface area contributed by atoms with Crippen LogP contribution in [0.1, 0.15) is 29.6 Å². The number of nitrogens with one attached hydrogen (secondary N) is 1. The van der Waals surface area contributed by atoms with E-state index < -0.39 is 12.0 Å². The minimum absolute atomic E-state index is 0.112. The Morgan fingerprint density at radius 3 is 2.59 bits per heavy atom. The summed E-state index contributed by atoms with van der Waals surface area (Å²) in [7, 11) is 0. The lowest BCUT2D eigenvalue weighted by Crippen LogP contribution is -2.30. The largest absolute Gasteiger partial charge is 0.480 e. The summed E-state index contributed by atoms with van der Waals surface area (Å²) in [6.45, 7) is 0.508. The molecule has 0 spiro atoms. The Bertz CT molecular complexity index is 665. The highest BCUT2D eigenvalue weighted by Gasteiger charge is 2.11. The van der Waals surface area contributed by atoms with E-state index in [1.807, 2.05) is 36.4 Å². The molecule has 116 valence electrons. The van der Waals surface area contributed by atoms with Gasteiger partial charge in [-0.25, -0.2) is 0 Å². The molecule has 0 unspecified atom stereocenters. The van der Waals surface area contributed by atoms with E-state index >= 15 is 0 Å². The molecule has 2 rings (SSSR count). The van der Waals surface area contributed by atoms with Crippen molar-refractivity contribution >= 4 is 22.6 Å². The van der Waals surface area contributed by atoms with Crippen molar-refractivity contribution in [3.63, 3.8) is 0 Å². The average molecular weight is 300 g/mol. The molecule has 0 fully saturated rings. The molecule has 0 aliphatic carbocycles. The summed E-state index contributed by atoms with van der Waals surface area (Å²) in [4.78, 5) is 22.8. The van der Waals surface area contributed by atoms with E-state index in [4.69, 9.17) is 10.8 Å². The van der Waals surface area contributed by atoms with Gasteiger partial charge in [-0.15, -0.1) is 0 Å². The van der Waals surface area contributed by atoms with Crippen LogP contribution in [0.25, 0.3) is 10.8 Å². The van der Waals surface area contributed by atoms with Gasteiger partial charge in [0.05, 0.1) is 0 Å². The first-order valence-electron chi connectivity index (χ1n) is 7.34. The first kappa shape index (κ1) is 16.0. The van der Waals surface area contributed by atoms with Crippen molar-refractivity contribution in [3.05, 3.63) is 48.0 Å². The Balaban J connectivity index is 1.86. The Morgan fingerprint density at radius 2 is 1.82 bits per heavy atom. The first-order valence-corrected chi connectivity index (χ1v) is 7.34. The second kappa shape index (κ2) is 7.56. The molecular formula is C17H20N2O3. The summed E-state index contributed by atoms with van der Waals surface area (Å²) in [5.74, 6) is -1.10. The molecule has 0 aliphatic rings. The first-order chi connectivity index (χ1) is 10.6. The maximum atomic E-state index is 12.2. The highest BCUT2D eigenvalue weighted by atomic mass is 16.4. The number of aliphatic carboxylic acids is 1. The van der Waals surface area contributed by atoms with Crippen LogP contribution >= 0.6 is 0 Å². The van der Waals surface area contributed by atoms with E-state index in [-0.39, 0.29) is 5.91 Å². The van der Waals surface area contributed by atoms with Gasteiger partial charge in [0, 0.05) is 12.1 Å². The molecule has 0 saturated carbocycles. The maximum absolute atomic E-state index is 12.2. The predicted octanol–water partition coefficient (Wildman–Crippen LogP) is 2.15. The fourth-order valence-electron chi connectivity index (χ4n) is 2.33. The molecule has 0 radical (unpaired) electrons. The van der Waals surface area contributed by atoms with Gasteiger partial charge in [0.1, 0.15) is 6.04 Å². The number of carboxylic acid groups (broad SMARTS) is 1. The van der Waals surface area contributed by atoms with Crippen molar-refractivity contribution in [2.24, 2.45) is 5.73 Å². The topological polar surface area (TPSA) is 92.4 Å². The SMILES string of the molecule is N[C@@H](CCCCNC(=O)c1cccc2ccccc12)C(=O)O. The quantitative estimate of drug-likeness (QED) is 0.683. The van der Waals surface area contributed by atoms with E-state index in [1.165, 1.54) is 0 Å². The van der Waals surface area contributed by atoms with Crippen molar-refractivity contribution in [2.45, 2.75) is 25.3 Å². The molecule has 2 aromatic carbocycles. The van der Waals surface area contributed by atoms with E-state index in [0.717, 1.165) is 10.8 Å². The van der Waals surface area contributed by atoms with Crippen molar-refractivity contribution in [1.29, 1.82) is 0 Å². The van der Waals surface area contributed by atoms with Gasteiger partial charge in [-0.2, -0.15) is 0 Å². The van der Waals surface area contributed by atoms with Gasteiger partial charge in [0.25, 0.3) is 5.91 Å². The maximum Gasteiger partial charge on any atom is 0.320 e. The molecule has 0 bridgehead atoms. The predicted molar refractivity (Wildman–Crippen MR) is 85.7 cm³/mol. The molecule has 0 aliphatic heterocycles. The summed E-state index contributed by atoms with van der Waals surface area (Å²) in [5.41, 5.74) is 6.08. The number of carbonyl (C=O) groups is 2. The van der Waals surface area contributed by atoms with Gasteiger partial charge in [-0.05, 0) is 36.1 Å². The molecule has 1 atom stereocenters. The van der Waals surface area contributed by atoms with E-state index in [1.54, 1.807) is 6.07 Å². The van der Waals surface area contributed by atoms with Crippen LogP contribution in [0, 0.1) is 0 Å². The minimum Gasteiger partial charge on any atom is -0.480 e. The van der Waals surface area contributed by atoms with Crippen LogP contribution < -0.4 is 11.1 Å². The second-order valence-electron chi connectivity index (χ2n) is 5.22. The molecule has 1 amide bonds. The summed E-state index contributed by atoms with van der Waals surface area (Å²) >= 11 is 0. The number of amides is 1. The molecule has 2 aromatic rings. The third-order valence-corrected chi connectivity index (χ3v) is 3.58. The number of hydrogen-bond acceptors (Lipinski definition) is 3. The monoisotopic (exact) mass is 300 g/mol. The van der Waals surface area contributed by atoms with E-state index in [0.29, 0.717) is 31.4 Å². The molecule has 0 saturated heterocycles. The number of nitrogens with two attached hydrogens (primary N) is 1. The lowest BCUT2D eigenvalue weighted by molar-refractivity contribution is -0.138. The minimum atomic E-state index is -0.986. The van der Waals surface area contributed by atoms with Crippen LogP contribution in [0.4, 0.5) is 0 Å². The van der Waals surface area contributed by atoms with E-state index in [2.05, 4.69) is 5.32 Å². The molecule has 5 nitrogen and oxygen atoms in total. The molecule has 0 aromatic heterocycles. The molecule has 22 heavy (non-hydrogen) atoms. The fraction of sp³-hybridized carbons (Fsp3) is 0.294. The number of benzene rings is 2. The Kier molecular flexibility index (Phi) is 5.49. The van der Waals surface area contributed by atoms with Crippen molar-refractivity contribution in [3.8, 4) is 0 Å². The van der Waals surface area contributed by atoms with E-state index in [9.17, 15) is 9.59 Å². The third kappa shape index (κ3) is 4.05. The summed E-state index contributed by atoms with van der Waals surface area (Å²) in [6.07, 6.45) is 1.79. The van der Waals surface area contributed by atoms with Crippen LogP contribution in [0.15, 0.2) is 42.5 Å². The highest BCUT2D eigenvalue weighted by molar-refractivity contribution is 6.06. The van der Waals surface area contributed by atoms with Crippen LogP contribution in [-0.2, 0) is 4.79 Å². The zero-order chi connectivity index (χ0) is 15.9. The number of carboxylic acids is 1. The van der Waals surface area contributed by atoms with Gasteiger partial charge < -0.3 is 16.2 Å². The lowest BCUT2D eigenvalue weighted by atomic mass is 10.0. The zero-order valence-electron chi connectivity index (χ0n) is 12.3. The molecule has 5 heteroatoms. The molecule has 0 heterocycles. The number of fused-ring (bicyclic) bond motifs is 1. The Labute approximate surface area is 129 Å². The smallest absolute Gasteiger partial charge is 0.320 e. The standard InChI is InChI=1S/C17H20N2O3/c18-15(17(21)22)10-3-4-11-19-16(20)14-9-5-7-12-6-1-2-8-13(12)14/h1-2,5-9,15H,3-4,10-11,18H2,(H,19,20)(H,21,22)/t15-/m0/s1. The number of hydrogen-bond donors (Lipinski definition) is 3. The van der Waals surface area contributed by atoms with Crippen LogP contribution in [0.5, 0.6) is 0 Å². The van der Waals surface area contributed by atoms with Crippen molar-refractivity contribution < 1.29 is 14.7 Å². The zero-order valence-corrected chi connectivity index (χ0v) is 12.3. The molecular weight excluding hydrogens is 280 g/mol. The summed E-state index contributed by atoms with van der Waals surface area (Å²) in [6, 6.07) is 12.6. The van der Waals surface area contributed by atoms with Crippen LogP contribution in [-0.4, -0.2) is 29.6 Å². The third-order valence-electron chi connectivity index (χ3n) is 3.58. The second-order valence-corrected chi connectivity index (χ2v) is 5.22. The summed E-state index contributed by atoms with van der Waals surface area (Å²) in [5, 5.41) is 13.5. The summed E-state index contributed by atoms with van der Waals surface area (Å²) < 4.78 is 0. The average Bonchev–Trinajstić information content (AvgIpc) is 2.53. The number of rotatable bonds is 7. The number of unbranched alkanes of at least 4 members (excludes halogenated alkanes) is 1. The highest BCUT2D eigenvalue weighted by Crippen LogP contribution is 2.18. The van der Waals surface area contributed by atoms with Gasteiger partial charge in [-0.3, -0.25) is 9.59 Å². The van der Waals surface area contributed by atoms with Gasteiger partial charge in [0.15, 0.2) is 0 Å². The molecule has 4 N–H and O–H groups in total. The Hall–Kier alpha value is -2.40. The Morgan fingerprint density at radius 1 is 1.09 bits per heavy atom. The van der Waals surface area contributed by atoms with Crippen molar-refractivity contribution in [1.82, 2.24) is 5.32 Å². The number of carbonyl (C=O) groups excluding carboxylic acids is 1. The van der Waals surface area contributed by atoms with Crippen LogP contribution in [0.3, 0.4) is 0 Å². The van der Waals surface area contributed by atoms with Crippen molar-refractivity contribution in [2.75, 3.05) is 6.54 Å². The van der Waals surface area contributed by atoms with Crippen LogP contribution in [0.2, 0.25) is 0 Å². The van der Waals surface area contributed by atoms with Gasteiger partial charge in [0.2, 0.25) is 0 Å². The lowest BCUT2D eigenvalue weighted by Gasteiger charge is -2.09.